The van der Waals surface area contributed by atoms with Gasteiger partial charge in [-0.3, -0.25) is 0 Å². The highest BCUT2D eigenvalue weighted by molar-refractivity contribution is 9.09. The van der Waals surface area contributed by atoms with Gasteiger partial charge in [-0.05, 0) is 36.1 Å². The van der Waals surface area contributed by atoms with Crippen LogP contribution in [0.5, 0.6) is 0 Å². The summed E-state index contributed by atoms with van der Waals surface area (Å²) in [6.07, 6.45) is 0.822. The molecule has 2 rings (SSSR count). The first-order chi connectivity index (χ1) is 8.59. The summed E-state index contributed by atoms with van der Waals surface area (Å²) < 4.78 is 0. The van der Waals surface area contributed by atoms with Crippen molar-refractivity contribution >= 4 is 39.1 Å². The molecule has 0 spiro atoms. The summed E-state index contributed by atoms with van der Waals surface area (Å²) >= 11 is 16.2. The minimum atomic E-state index is 0.171. The second-order valence-electron chi connectivity index (χ2n) is 4.24. The Morgan fingerprint density at radius 2 is 1.78 bits per heavy atom. The number of benzene rings is 2. The highest BCUT2D eigenvalue weighted by Crippen LogP contribution is 2.35. The molecule has 0 heterocycles. The molecule has 0 aliphatic carbocycles. The van der Waals surface area contributed by atoms with Crippen LogP contribution in [0, 0.1) is 6.92 Å². The van der Waals surface area contributed by atoms with Crippen molar-refractivity contribution in [2.45, 2.75) is 18.2 Å². The lowest BCUT2D eigenvalue weighted by atomic mass is 10.0. The third-order valence-corrected chi connectivity index (χ3v) is 4.62. The first-order valence-electron chi connectivity index (χ1n) is 5.72. The zero-order valence-corrected chi connectivity index (χ0v) is 13.1. The first-order valence-corrected chi connectivity index (χ1v) is 7.39. The van der Waals surface area contributed by atoms with Crippen molar-refractivity contribution in [2.75, 3.05) is 0 Å². The van der Waals surface area contributed by atoms with Crippen molar-refractivity contribution in [1.82, 2.24) is 0 Å². The summed E-state index contributed by atoms with van der Waals surface area (Å²) in [5.41, 5.74) is 3.33. The van der Waals surface area contributed by atoms with Gasteiger partial charge in [-0.1, -0.05) is 75.5 Å². The van der Waals surface area contributed by atoms with Crippen LogP contribution >= 0.6 is 39.1 Å². The number of alkyl halides is 1. The van der Waals surface area contributed by atoms with E-state index in [0.717, 1.165) is 33.2 Å². The molecule has 0 aliphatic rings. The van der Waals surface area contributed by atoms with Crippen LogP contribution in [0.3, 0.4) is 0 Å². The largest absolute Gasteiger partial charge is 0.0840 e. The zero-order chi connectivity index (χ0) is 13.1. The zero-order valence-electron chi connectivity index (χ0n) is 9.96. The molecule has 0 aromatic heterocycles. The second-order valence-corrected chi connectivity index (χ2v) is 6.13. The van der Waals surface area contributed by atoms with Crippen molar-refractivity contribution in [1.29, 1.82) is 0 Å². The van der Waals surface area contributed by atoms with Crippen LogP contribution in [0.15, 0.2) is 42.5 Å². The van der Waals surface area contributed by atoms with Gasteiger partial charge in [0, 0.05) is 14.9 Å². The molecule has 0 saturated carbocycles. The molecule has 0 saturated heterocycles. The molecule has 2 aromatic rings. The monoisotopic (exact) mass is 342 g/mol. The molecule has 0 aliphatic heterocycles. The Labute approximate surface area is 126 Å². The molecule has 0 bridgehead atoms. The molecule has 18 heavy (non-hydrogen) atoms. The molecular formula is C15H13BrCl2. The number of rotatable bonds is 3. The Bertz CT molecular complexity index is 552. The van der Waals surface area contributed by atoms with E-state index in [-0.39, 0.29) is 4.83 Å². The van der Waals surface area contributed by atoms with E-state index in [1.165, 1.54) is 0 Å². The Morgan fingerprint density at radius 1 is 1.06 bits per heavy atom. The van der Waals surface area contributed by atoms with Gasteiger partial charge in [0.15, 0.2) is 0 Å². The maximum atomic E-state index is 6.33. The van der Waals surface area contributed by atoms with Crippen LogP contribution in [0.1, 0.15) is 21.5 Å². The third kappa shape index (κ3) is 3.09. The number of halogens is 3. The normalized spacial score (nSPS) is 12.4. The minimum Gasteiger partial charge on any atom is -0.0840 e. The van der Waals surface area contributed by atoms with E-state index in [1.807, 2.05) is 49.4 Å². The van der Waals surface area contributed by atoms with Crippen molar-refractivity contribution in [3.05, 3.63) is 69.2 Å². The summed E-state index contributed by atoms with van der Waals surface area (Å²) in [5.74, 6) is 0. The molecule has 0 nitrogen and oxygen atoms in total. The van der Waals surface area contributed by atoms with Gasteiger partial charge in [-0.2, -0.15) is 0 Å². The van der Waals surface area contributed by atoms with Crippen molar-refractivity contribution in [3.8, 4) is 0 Å². The highest BCUT2D eigenvalue weighted by Gasteiger charge is 2.14. The fourth-order valence-corrected chi connectivity index (χ4v) is 3.21. The van der Waals surface area contributed by atoms with E-state index in [4.69, 9.17) is 23.2 Å². The molecule has 0 N–H and O–H groups in total. The lowest BCUT2D eigenvalue weighted by molar-refractivity contribution is 0.947. The molecule has 3 heteroatoms. The third-order valence-electron chi connectivity index (χ3n) is 2.92. The van der Waals surface area contributed by atoms with Gasteiger partial charge in [-0.15, -0.1) is 0 Å². The van der Waals surface area contributed by atoms with E-state index < -0.39 is 0 Å². The van der Waals surface area contributed by atoms with Crippen molar-refractivity contribution < 1.29 is 0 Å². The molecule has 0 radical (unpaired) electrons. The van der Waals surface area contributed by atoms with E-state index in [2.05, 4.69) is 15.9 Å². The van der Waals surface area contributed by atoms with E-state index >= 15 is 0 Å². The molecule has 0 amide bonds. The average Bonchev–Trinajstić information content (AvgIpc) is 2.35. The fourth-order valence-electron chi connectivity index (χ4n) is 1.88. The van der Waals surface area contributed by atoms with Gasteiger partial charge in [0.1, 0.15) is 0 Å². The summed E-state index contributed by atoms with van der Waals surface area (Å²) in [5, 5.41) is 1.62. The number of hydrogen-bond acceptors (Lipinski definition) is 0. The van der Waals surface area contributed by atoms with Crippen LogP contribution in [0.2, 0.25) is 10.0 Å². The molecular weight excluding hydrogens is 331 g/mol. The smallest absolute Gasteiger partial charge is 0.0478 e. The Hall–Kier alpha value is -0.500. The van der Waals surface area contributed by atoms with E-state index in [1.54, 1.807) is 0 Å². The minimum absolute atomic E-state index is 0.171. The maximum Gasteiger partial charge on any atom is 0.0478 e. The predicted octanol–water partition coefficient (Wildman–Crippen LogP) is 5.98. The van der Waals surface area contributed by atoms with Gasteiger partial charge in [0.25, 0.3) is 0 Å². The highest BCUT2D eigenvalue weighted by atomic mass is 79.9. The number of aryl methyl sites for hydroxylation is 1. The Morgan fingerprint density at radius 3 is 2.50 bits per heavy atom. The fraction of sp³-hybridized carbons (Fsp3) is 0.200. The summed E-state index contributed by atoms with van der Waals surface area (Å²) in [4.78, 5) is 0.171. The summed E-state index contributed by atoms with van der Waals surface area (Å²) in [6, 6.07) is 14.0. The van der Waals surface area contributed by atoms with Gasteiger partial charge in [0.2, 0.25) is 0 Å². The topological polar surface area (TPSA) is 0 Å². The van der Waals surface area contributed by atoms with E-state index in [0.29, 0.717) is 0 Å². The molecule has 1 atom stereocenters. The van der Waals surface area contributed by atoms with E-state index in [9.17, 15) is 0 Å². The van der Waals surface area contributed by atoms with Crippen molar-refractivity contribution in [2.24, 2.45) is 0 Å². The van der Waals surface area contributed by atoms with Crippen LogP contribution in [-0.2, 0) is 6.42 Å². The van der Waals surface area contributed by atoms with Gasteiger partial charge in [-0.25, -0.2) is 0 Å². The Kier molecular flexibility index (Phi) is 4.71. The van der Waals surface area contributed by atoms with Gasteiger partial charge >= 0.3 is 0 Å². The lowest BCUT2D eigenvalue weighted by Crippen LogP contribution is -1.98. The standard InChI is InChI=1S/C15H13BrCl2/c1-10-5-4-7-12(15(10)18)13(16)9-11-6-2-3-8-14(11)17/h2-8,13H,9H2,1H3. The maximum absolute atomic E-state index is 6.33. The SMILES string of the molecule is Cc1cccc(C(Br)Cc2ccccc2Cl)c1Cl. The van der Waals surface area contributed by atoms with Crippen LogP contribution in [0.4, 0.5) is 0 Å². The molecule has 1 unspecified atom stereocenters. The van der Waals surface area contributed by atoms with Gasteiger partial charge in [0.05, 0.1) is 0 Å². The van der Waals surface area contributed by atoms with Crippen molar-refractivity contribution in [3.63, 3.8) is 0 Å². The van der Waals surface area contributed by atoms with Crippen LogP contribution < -0.4 is 0 Å². The van der Waals surface area contributed by atoms with Gasteiger partial charge < -0.3 is 0 Å². The second kappa shape index (κ2) is 6.10. The summed E-state index contributed by atoms with van der Waals surface area (Å²) in [6.45, 7) is 2.01. The molecule has 2 aromatic carbocycles. The summed E-state index contributed by atoms with van der Waals surface area (Å²) in [7, 11) is 0. The Balaban J connectivity index is 2.25. The predicted molar refractivity (Wildman–Crippen MR) is 83.0 cm³/mol. The molecule has 94 valence electrons. The van der Waals surface area contributed by atoms with Crippen LogP contribution in [0.25, 0.3) is 0 Å². The number of hydrogen-bond donors (Lipinski definition) is 0. The quantitative estimate of drug-likeness (QED) is 0.601. The average molecular weight is 344 g/mol. The first kappa shape index (κ1) is 13.9. The lowest BCUT2D eigenvalue weighted by Gasteiger charge is -2.14. The molecule has 0 fully saturated rings. The van der Waals surface area contributed by atoms with Crippen LogP contribution in [-0.4, -0.2) is 0 Å².